The van der Waals surface area contributed by atoms with Crippen LogP contribution in [0, 0.1) is 11.8 Å². The minimum absolute atomic E-state index is 0.151. The van der Waals surface area contributed by atoms with E-state index in [2.05, 4.69) is 16.8 Å². The lowest BCUT2D eigenvalue weighted by atomic mass is 10.1. The molecule has 5 nitrogen and oxygen atoms in total. The second-order valence-electron chi connectivity index (χ2n) is 5.72. The number of benzene rings is 1. The van der Waals surface area contributed by atoms with E-state index in [9.17, 15) is 0 Å². The lowest BCUT2D eigenvalue weighted by Gasteiger charge is -2.07. The van der Waals surface area contributed by atoms with E-state index in [0.29, 0.717) is 13.2 Å². The maximum Gasteiger partial charge on any atom is 0.143 e. The van der Waals surface area contributed by atoms with Crippen LogP contribution >= 0.6 is 0 Å². The van der Waals surface area contributed by atoms with Gasteiger partial charge in [-0.2, -0.15) is 0 Å². The van der Waals surface area contributed by atoms with Gasteiger partial charge in [-0.15, -0.1) is 0 Å². The predicted octanol–water partition coefficient (Wildman–Crippen LogP) is 3.00. The predicted molar refractivity (Wildman–Crippen MR) is 101 cm³/mol. The van der Waals surface area contributed by atoms with Crippen molar-refractivity contribution in [2.24, 2.45) is 0 Å². The molecule has 0 radical (unpaired) electrons. The molecule has 1 heterocycles. The van der Waals surface area contributed by atoms with Crippen LogP contribution in [0.2, 0.25) is 0 Å². The molecule has 0 aliphatic heterocycles. The number of ether oxygens (including phenoxy) is 2. The van der Waals surface area contributed by atoms with Gasteiger partial charge in [-0.05, 0) is 55.7 Å². The van der Waals surface area contributed by atoms with Gasteiger partial charge in [0.25, 0.3) is 0 Å². The third-order valence-corrected chi connectivity index (χ3v) is 3.77. The van der Waals surface area contributed by atoms with Gasteiger partial charge < -0.3 is 19.7 Å². The van der Waals surface area contributed by atoms with Gasteiger partial charge in [-0.3, -0.25) is 4.98 Å². The molecule has 2 N–H and O–H groups in total. The van der Waals surface area contributed by atoms with Gasteiger partial charge in [0.1, 0.15) is 19.1 Å². The highest BCUT2D eigenvalue weighted by Gasteiger charge is 2.01. The lowest BCUT2D eigenvalue weighted by molar-refractivity contribution is -0.00288. The van der Waals surface area contributed by atoms with Crippen LogP contribution in [-0.4, -0.2) is 41.8 Å². The smallest absolute Gasteiger partial charge is 0.143 e. The lowest BCUT2D eigenvalue weighted by Crippen LogP contribution is -1.99. The van der Waals surface area contributed by atoms with Crippen LogP contribution in [0.1, 0.15) is 31.2 Å². The van der Waals surface area contributed by atoms with E-state index in [1.165, 1.54) is 0 Å². The first kappa shape index (κ1) is 19.9. The van der Waals surface area contributed by atoms with Crippen molar-refractivity contribution in [3.05, 3.63) is 48.2 Å². The highest BCUT2D eigenvalue weighted by Crippen LogP contribution is 2.21. The number of aromatic nitrogens is 1. The Hall–Kier alpha value is -2.39. The molecule has 0 saturated heterocycles. The van der Waals surface area contributed by atoms with Crippen LogP contribution in [0.5, 0.6) is 5.75 Å². The first-order valence-corrected chi connectivity index (χ1v) is 8.81. The molecule has 2 rings (SSSR count). The summed E-state index contributed by atoms with van der Waals surface area (Å²) in [7, 11) is 0. The normalized spacial score (nSPS) is 10.2. The van der Waals surface area contributed by atoms with Crippen molar-refractivity contribution >= 4 is 0 Å². The number of rotatable bonds is 10. The molecular weight excluding hydrogens is 330 g/mol. The summed E-state index contributed by atoms with van der Waals surface area (Å²) in [6.45, 7) is 0.955. The fraction of sp³-hybridized carbons (Fsp3) is 0.381. The molecule has 5 heteroatoms. The largest absolute Gasteiger partial charge is 0.494 e. The fourth-order valence-corrected chi connectivity index (χ4v) is 2.42. The minimum atomic E-state index is -0.198. The van der Waals surface area contributed by atoms with Crippen LogP contribution in [-0.2, 0) is 4.74 Å². The Morgan fingerprint density at radius 2 is 1.65 bits per heavy atom. The van der Waals surface area contributed by atoms with Gasteiger partial charge in [0.05, 0.1) is 12.3 Å². The zero-order valence-corrected chi connectivity index (χ0v) is 14.9. The standard InChI is InChI=1S/C21H25NO4/c23-13-5-6-18-7-12-21(22-16-18)19-8-10-20(11-9-19)26-15-4-2-1-3-14-25-17-24/h7-12,16,23-24H,1-4,13-15,17H2. The van der Waals surface area contributed by atoms with Crippen molar-refractivity contribution in [1.82, 2.24) is 4.98 Å². The number of hydrogen-bond donors (Lipinski definition) is 2. The Balaban J connectivity index is 1.74. The van der Waals surface area contributed by atoms with Crippen LogP contribution in [0.15, 0.2) is 42.6 Å². The van der Waals surface area contributed by atoms with E-state index in [4.69, 9.17) is 19.7 Å². The molecule has 0 aliphatic rings. The molecule has 26 heavy (non-hydrogen) atoms. The van der Waals surface area contributed by atoms with Crippen LogP contribution in [0.25, 0.3) is 11.3 Å². The quantitative estimate of drug-likeness (QED) is 0.389. The van der Waals surface area contributed by atoms with Gasteiger partial charge >= 0.3 is 0 Å². The zero-order chi connectivity index (χ0) is 18.5. The monoisotopic (exact) mass is 355 g/mol. The van der Waals surface area contributed by atoms with E-state index >= 15 is 0 Å². The van der Waals surface area contributed by atoms with Crippen molar-refractivity contribution in [2.45, 2.75) is 25.7 Å². The topological polar surface area (TPSA) is 71.8 Å². The second kappa shape index (κ2) is 12.0. The van der Waals surface area contributed by atoms with Crippen molar-refractivity contribution < 1.29 is 19.7 Å². The van der Waals surface area contributed by atoms with Gasteiger partial charge in [0.2, 0.25) is 0 Å². The highest BCUT2D eigenvalue weighted by atomic mass is 16.6. The summed E-state index contributed by atoms with van der Waals surface area (Å²) >= 11 is 0. The first-order valence-electron chi connectivity index (χ1n) is 8.81. The van der Waals surface area contributed by atoms with E-state index in [1.807, 2.05) is 36.4 Å². The van der Waals surface area contributed by atoms with E-state index in [1.54, 1.807) is 6.20 Å². The Morgan fingerprint density at radius 3 is 2.31 bits per heavy atom. The number of nitrogens with zero attached hydrogens (tertiary/aromatic N) is 1. The average molecular weight is 355 g/mol. The molecule has 1 aromatic heterocycles. The summed E-state index contributed by atoms with van der Waals surface area (Å²) in [5.41, 5.74) is 2.67. The van der Waals surface area contributed by atoms with E-state index in [0.717, 1.165) is 48.3 Å². The maximum atomic E-state index is 8.70. The SMILES string of the molecule is OCC#Cc1ccc(-c2ccc(OCCCCCCOCO)cc2)nc1. The first-order chi connectivity index (χ1) is 12.8. The summed E-state index contributed by atoms with van der Waals surface area (Å²) in [5.74, 6) is 6.28. The maximum absolute atomic E-state index is 8.70. The average Bonchev–Trinajstić information content (AvgIpc) is 2.69. The molecule has 0 aliphatic carbocycles. The Kier molecular flexibility index (Phi) is 9.23. The summed E-state index contributed by atoms with van der Waals surface area (Å²) in [4.78, 5) is 4.40. The summed E-state index contributed by atoms with van der Waals surface area (Å²) in [5, 5.41) is 17.2. The molecule has 0 atom stereocenters. The molecule has 0 unspecified atom stereocenters. The number of hydrogen-bond acceptors (Lipinski definition) is 5. The number of unbranched alkanes of at least 4 members (excludes halogenated alkanes) is 3. The van der Waals surface area contributed by atoms with Gasteiger partial charge in [-0.1, -0.05) is 18.3 Å². The number of pyridine rings is 1. The van der Waals surface area contributed by atoms with E-state index in [-0.39, 0.29) is 13.4 Å². The molecule has 0 amide bonds. The van der Waals surface area contributed by atoms with Crippen molar-refractivity contribution in [3.8, 4) is 28.8 Å². The van der Waals surface area contributed by atoms with Gasteiger partial charge in [0.15, 0.2) is 0 Å². The molecule has 0 fully saturated rings. The molecule has 0 bridgehead atoms. The molecule has 0 spiro atoms. The molecular formula is C21H25NO4. The highest BCUT2D eigenvalue weighted by molar-refractivity contribution is 5.60. The molecule has 2 aromatic rings. The third kappa shape index (κ3) is 7.24. The van der Waals surface area contributed by atoms with E-state index < -0.39 is 0 Å². The van der Waals surface area contributed by atoms with Gasteiger partial charge in [-0.25, -0.2) is 0 Å². The molecule has 138 valence electrons. The summed E-state index contributed by atoms with van der Waals surface area (Å²) in [6.07, 6.45) is 5.83. The third-order valence-electron chi connectivity index (χ3n) is 3.77. The zero-order valence-electron chi connectivity index (χ0n) is 14.9. The Morgan fingerprint density at radius 1 is 0.885 bits per heavy atom. The van der Waals surface area contributed by atoms with Crippen molar-refractivity contribution in [1.29, 1.82) is 0 Å². The van der Waals surface area contributed by atoms with Crippen molar-refractivity contribution in [2.75, 3.05) is 26.6 Å². The van der Waals surface area contributed by atoms with Crippen LogP contribution in [0.4, 0.5) is 0 Å². The van der Waals surface area contributed by atoms with Crippen LogP contribution in [0.3, 0.4) is 0 Å². The van der Waals surface area contributed by atoms with Gasteiger partial charge in [0, 0.05) is 23.9 Å². The van der Waals surface area contributed by atoms with Crippen LogP contribution < -0.4 is 4.74 Å². The Labute approximate surface area is 154 Å². The summed E-state index contributed by atoms with van der Waals surface area (Å²) in [6, 6.07) is 11.7. The number of aliphatic hydroxyl groups is 2. The molecule has 0 saturated carbocycles. The molecule has 1 aromatic carbocycles. The number of aliphatic hydroxyl groups excluding tert-OH is 2. The van der Waals surface area contributed by atoms with Crippen molar-refractivity contribution in [3.63, 3.8) is 0 Å². The summed E-state index contributed by atoms with van der Waals surface area (Å²) < 4.78 is 10.6. The second-order valence-corrected chi connectivity index (χ2v) is 5.72. The Bertz CT molecular complexity index is 687. The fourth-order valence-electron chi connectivity index (χ4n) is 2.42. The minimum Gasteiger partial charge on any atom is -0.494 e.